The molecule has 0 heterocycles. The summed E-state index contributed by atoms with van der Waals surface area (Å²) in [6.07, 6.45) is 6.04. The van der Waals surface area contributed by atoms with Crippen LogP contribution < -0.4 is 10.5 Å². The molecule has 3 N–H and O–H groups in total. The van der Waals surface area contributed by atoms with E-state index in [4.69, 9.17) is 12.2 Å². The first-order valence-corrected chi connectivity index (χ1v) is 6.43. The molecule has 0 atom stereocenters. The highest BCUT2D eigenvalue weighted by Crippen LogP contribution is 2.15. The van der Waals surface area contributed by atoms with Gasteiger partial charge in [-0.15, -0.1) is 12.3 Å². The average Bonchev–Trinajstić information content (AvgIpc) is 2.23. The van der Waals surface area contributed by atoms with Gasteiger partial charge in [0.1, 0.15) is 5.82 Å². The zero-order chi connectivity index (χ0) is 12.9. The summed E-state index contributed by atoms with van der Waals surface area (Å²) in [5, 5.41) is 0. The van der Waals surface area contributed by atoms with Crippen molar-refractivity contribution < 1.29 is 12.8 Å². The average molecular weight is 256 g/mol. The molecule has 0 saturated carbocycles. The predicted molar refractivity (Wildman–Crippen MR) is 64.1 cm³/mol. The smallest absolute Gasteiger partial charge is 0.240 e. The number of rotatable bonds is 5. The van der Waals surface area contributed by atoms with E-state index in [-0.39, 0.29) is 17.1 Å². The molecule has 0 aliphatic rings. The molecule has 1 aromatic carbocycles. The van der Waals surface area contributed by atoms with Crippen LogP contribution in [0.4, 0.5) is 10.1 Å². The Morgan fingerprint density at radius 2 is 2.12 bits per heavy atom. The van der Waals surface area contributed by atoms with Gasteiger partial charge in [-0.2, -0.15) is 0 Å². The minimum atomic E-state index is -3.72. The topological polar surface area (TPSA) is 72.2 Å². The SMILES string of the molecule is C#CCCCNS(=O)(=O)c1cc(N)cc(F)c1. The van der Waals surface area contributed by atoms with E-state index in [9.17, 15) is 12.8 Å². The molecule has 0 aliphatic carbocycles. The number of anilines is 1. The molecule has 0 aliphatic heterocycles. The second kappa shape index (κ2) is 5.66. The van der Waals surface area contributed by atoms with Crippen LogP contribution in [-0.4, -0.2) is 15.0 Å². The number of hydrogen-bond acceptors (Lipinski definition) is 3. The lowest BCUT2D eigenvalue weighted by atomic mass is 10.3. The lowest BCUT2D eigenvalue weighted by Gasteiger charge is -2.06. The molecule has 17 heavy (non-hydrogen) atoms. The maximum Gasteiger partial charge on any atom is 0.240 e. The van der Waals surface area contributed by atoms with E-state index in [1.54, 1.807) is 0 Å². The monoisotopic (exact) mass is 256 g/mol. The Kier molecular flexibility index (Phi) is 4.49. The highest BCUT2D eigenvalue weighted by atomic mass is 32.2. The third-order valence-electron chi connectivity index (χ3n) is 1.99. The Labute approximate surface area is 100 Å². The summed E-state index contributed by atoms with van der Waals surface area (Å²) in [6.45, 7) is 0.211. The molecule has 0 aromatic heterocycles. The third kappa shape index (κ3) is 4.06. The van der Waals surface area contributed by atoms with Crippen LogP contribution in [0.3, 0.4) is 0 Å². The fourth-order valence-electron chi connectivity index (χ4n) is 1.22. The molecule has 0 bridgehead atoms. The first-order chi connectivity index (χ1) is 7.95. The Hall–Kier alpha value is -1.58. The van der Waals surface area contributed by atoms with Gasteiger partial charge in [0.25, 0.3) is 0 Å². The Balaban J connectivity index is 2.79. The number of sulfonamides is 1. The molecule has 0 saturated heterocycles. The molecular formula is C11H13FN2O2S. The van der Waals surface area contributed by atoms with Gasteiger partial charge in [0.05, 0.1) is 4.90 Å². The number of benzene rings is 1. The van der Waals surface area contributed by atoms with Crippen LogP contribution in [0.25, 0.3) is 0 Å². The normalized spacial score (nSPS) is 11.1. The largest absolute Gasteiger partial charge is 0.399 e. The van der Waals surface area contributed by atoms with Crippen LogP contribution in [0.5, 0.6) is 0 Å². The predicted octanol–water partition coefficient (Wildman–Crippen LogP) is 1.10. The number of hydrogen-bond donors (Lipinski definition) is 2. The number of unbranched alkanes of at least 4 members (excludes halogenated alkanes) is 1. The van der Waals surface area contributed by atoms with Crippen molar-refractivity contribution in [1.82, 2.24) is 4.72 Å². The molecule has 92 valence electrons. The van der Waals surface area contributed by atoms with Gasteiger partial charge in [0.15, 0.2) is 0 Å². The van der Waals surface area contributed by atoms with Gasteiger partial charge in [-0.05, 0) is 24.6 Å². The van der Waals surface area contributed by atoms with Crippen molar-refractivity contribution in [3.05, 3.63) is 24.0 Å². The molecule has 0 unspecified atom stereocenters. The summed E-state index contributed by atoms with van der Waals surface area (Å²) in [7, 11) is -3.72. The minimum absolute atomic E-state index is 0.0639. The number of nitrogens with one attached hydrogen (secondary N) is 1. The Morgan fingerprint density at radius 3 is 2.71 bits per heavy atom. The lowest BCUT2D eigenvalue weighted by Crippen LogP contribution is -2.25. The summed E-state index contributed by atoms with van der Waals surface area (Å²) in [5.74, 6) is 1.71. The summed E-state index contributed by atoms with van der Waals surface area (Å²) in [5.41, 5.74) is 5.44. The zero-order valence-corrected chi connectivity index (χ0v) is 9.93. The highest BCUT2D eigenvalue weighted by molar-refractivity contribution is 7.89. The lowest BCUT2D eigenvalue weighted by molar-refractivity contribution is 0.576. The summed E-state index contributed by atoms with van der Waals surface area (Å²) >= 11 is 0. The maximum atomic E-state index is 13.0. The quantitative estimate of drug-likeness (QED) is 0.471. The van der Waals surface area contributed by atoms with Crippen LogP contribution in [0.2, 0.25) is 0 Å². The fraction of sp³-hybridized carbons (Fsp3) is 0.273. The molecule has 1 rings (SSSR count). The van der Waals surface area contributed by atoms with Crippen LogP contribution in [0.1, 0.15) is 12.8 Å². The molecule has 0 amide bonds. The molecule has 6 heteroatoms. The van der Waals surface area contributed by atoms with Crippen LogP contribution in [-0.2, 0) is 10.0 Å². The molecule has 1 aromatic rings. The Morgan fingerprint density at radius 1 is 1.41 bits per heavy atom. The van der Waals surface area contributed by atoms with Gasteiger partial charge in [-0.3, -0.25) is 0 Å². The minimum Gasteiger partial charge on any atom is -0.399 e. The van der Waals surface area contributed by atoms with E-state index in [1.165, 1.54) is 6.07 Å². The summed E-state index contributed by atoms with van der Waals surface area (Å²) in [4.78, 5) is -0.185. The van der Waals surface area contributed by atoms with E-state index in [2.05, 4.69) is 10.6 Å². The molecule has 0 radical (unpaired) electrons. The standard InChI is InChI=1S/C11H13FN2O2S/c1-2-3-4-5-14-17(15,16)11-7-9(12)6-10(13)8-11/h1,6-8,14H,3-5,13H2. The van der Waals surface area contributed by atoms with Gasteiger partial charge in [-0.25, -0.2) is 17.5 Å². The van der Waals surface area contributed by atoms with Crippen molar-refractivity contribution in [1.29, 1.82) is 0 Å². The van der Waals surface area contributed by atoms with Gasteiger partial charge >= 0.3 is 0 Å². The van der Waals surface area contributed by atoms with Crippen molar-refractivity contribution in [3.8, 4) is 12.3 Å². The molecule has 0 fully saturated rings. The van der Waals surface area contributed by atoms with Gasteiger partial charge in [-0.1, -0.05) is 0 Å². The second-order valence-corrected chi connectivity index (χ2v) is 5.19. The third-order valence-corrected chi connectivity index (χ3v) is 3.43. The van der Waals surface area contributed by atoms with Gasteiger partial charge in [0.2, 0.25) is 10.0 Å². The van der Waals surface area contributed by atoms with Crippen LogP contribution in [0.15, 0.2) is 23.1 Å². The van der Waals surface area contributed by atoms with Crippen molar-refractivity contribution in [3.63, 3.8) is 0 Å². The second-order valence-electron chi connectivity index (χ2n) is 3.43. The first-order valence-electron chi connectivity index (χ1n) is 4.95. The molecular weight excluding hydrogens is 243 g/mol. The zero-order valence-electron chi connectivity index (χ0n) is 9.11. The van der Waals surface area contributed by atoms with E-state index >= 15 is 0 Å². The highest BCUT2D eigenvalue weighted by Gasteiger charge is 2.14. The van der Waals surface area contributed by atoms with Crippen molar-refractivity contribution in [2.45, 2.75) is 17.7 Å². The van der Waals surface area contributed by atoms with Crippen LogP contribution >= 0.6 is 0 Å². The van der Waals surface area contributed by atoms with Gasteiger partial charge < -0.3 is 5.73 Å². The summed E-state index contributed by atoms with van der Waals surface area (Å²) in [6, 6.07) is 3.17. The van der Waals surface area contributed by atoms with Crippen molar-refractivity contribution in [2.24, 2.45) is 0 Å². The first kappa shape index (κ1) is 13.5. The van der Waals surface area contributed by atoms with E-state index in [0.717, 1.165) is 12.1 Å². The Bertz CT molecular complexity index is 515. The van der Waals surface area contributed by atoms with Crippen LogP contribution in [0, 0.1) is 18.2 Å². The molecule has 4 nitrogen and oxygen atoms in total. The number of nitrogens with two attached hydrogens (primary N) is 1. The van der Waals surface area contributed by atoms with E-state index < -0.39 is 15.8 Å². The summed E-state index contributed by atoms with van der Waals surface area (Å²) < 4.78 is 38.8. The van der Waals surface area contributed by atoms with E-state index in [1.807, 2.05) is 0 Å². The number of terminal acetylenes is 1. The van der Waals surface area contributed by atoms with Crippen molar-refractivity contribution >= 4 is 15.7 Å². The van der Waals surface area contributed by atoms with E-state index in [0.29, 0.717) is 12.8 Å². The van der Waals surface area contributed by atoms with Gasteiger partial charge in [0, 0.05) is 18.7 Å². The number of halogens is 1. The van der Waals surface area contributed by atoms with Crippen molar-refractivity contribution in [2.75, 3.05) is 12.3 Å². The number of nitrogen functional groups attached to an aromatic ring is 1. The maximum absolute atomic E-state index is 13.0. The fourth-order valence-corrected chi connectivity index (χ4v) is 2.36. The molecule has 0 spiro atoms.